The van der Waals surface area contributed by atoms with E-state index in [1.165, 1.54) is 6.07 Å². The third-order valence-electron chi connectivity index (χ3n) is 2.91. The van der Waals surface area contributed by atoms with E-state index in [1.807, 2.05) is 0 Å². The first-order valence-corrected chi connectivity index (χ1v) is 6.01. The number of aliphatic hydroxyl groups excluding tert-OH is 1. The molecule has 1 heterocycles. The van der Waals surface area contributed by atoms with Crippen LogP contribution in [0.1, 0.15) is 24.7 Å². The van der Waals surface area contributed by atoms with Gasteiger partial charge in [0.15, 0.2) is 11.4 Å². The normalized spacial score (nSPS) is 17.9. The summed E-state index contributed by atoms with van der Waals surface area (Å²) in [5.41, 5.74) is 0.220. The van der Waals surface area contributed by atoms with Crippen molar-refractivity contribution in [2.75, 3.05) is 0 Å². The van der Waals surface area contributed by atoms with Gasteiger partial charge in [-0.05, 0) is 37.0 Å². The molecule has 1 N–H and O–H groups in total. The molecule has 0 radical (unpaired) electrons. The van der Waals surface area contributed by atoms with Crippen molar-refractivity contribution in [2.45, 2.75) is 18.9 Å². The van der Waals surface area contributed by atoms with Crippen LogP contribution in [-0.4, -0.2) is 5.11 Å². The molecule has 0 bridgehead atoms. The zero-order valence-corrected chi connectivity index (χ0v) is 10.00. The molecule has 2 aromatic rings. The molecule has 84 valence electrons. The Kier molecular flexibility index (Phi) is 2.30. The minimum Gasteiger partial charge on any atom is -0.455 e. The van der Waals surface area contributed by atoms with Crippen molar-refractivity contribution < 1.29 is 13.9 Å². The molecule has 1 atom stereocenters. The van der Waals surface area contributed by atoms with Crippen LogP contribution in [0.2, 0.25) is 0 Å². The molecule has 0 saturated heterocycles. The lowest BCUT2D eigenvalue weighted by molar-refractivity contribution is 0.129. The van der Waals surface area contributed by atoms with Crippen LogP contribution in [0.15, 0.2) is 27.1 Å². The molecule has 1 aromatic carbocycles. The summed E-state index contributed by atoms with van der Waals surface area (Å²) in [6.45, 7) is 0. The van der Waals surface area contributed by atoms with Crippen LogP contribution in [0.5, 0.6) is 0 Å². The summed E-state index contributed by atoms with van der Waals surface area (Å²) in [6, 6.07) is 4.86. The first kappa shape index (κ1) is 10.3. The highest BCUT2D eigenvalue weighted by atomic mass is 79.9. The molecule has 0 amide bonds. The maximum absolute atomic E-state index is 13.5. The van der Waals surface area contributed by atoms with Gasteiger partial charge in [0.25, 0.3) is 0 Å². The second kappa shape index (κ2) is 3.57. The van der Waals surface area contributed by atoms with Gasteiger partial charge in [0.2, 0.25) is 0 Å². The van der Waals surface area contributed by atoms with Crippen LogP contribution in [-0.2, 0) is 0 Å². The van der Waals surface area contributed by atoms with Gasteiger partial charge in [-0.3, -0.25) is 0 Å². The minimum absolute atomic E-state index is 0.220. The van der Waals surface area contributed by atoms with E-state index < -0.39 is 11.9 Å². The Labute approximate surface area is 100 Å². The monoisotopic (exact) mass is 284 g/mol. The van der Waals surface area contributed by atoms with E-state index >= 15 is 0 Å². The number of rotatable bonds is 2. The molecule has 2 nitrogen and oxygen atoms in total. The van der Waals surface area contributed by atoms with Crippen molar-refractivity contribution in [3.8, 4) is 0 Å². The number of fused-ring (bicyclic) bond motifs is 1. The Morgan fingerprint density at radius 2 is 2.12 bits per heavy atom. The Bertz CT molecular complexity index is 545. The maximum atomic E-state index is 13.5. The standard InChI is InChI=1S/C12H10BrFO2/c13-8-3-7-4-10(11(15)6-1-2-6)16-12(7)9(14)5-8/h3-6,11,15H,1-2H2. The highest BCUT2D eigenvalue weighted by Gasteiger charge is 2.33. The van der Waals surface area contributed by atoms with Crippen LogP contribution in [0.4, 0.5) is 4.39 Å². The van der Waals surface area contributed by atoms with Gasteiger partial charge in [-0.1, -0.05) is 15.9 Å². The van der Waals surface area contributed by atoms with E-state index in [0.29, 0.717) is 15.6 Å². The molecule has 1 fully saturated rings. The zero-order chi connectivity index (χ0) is 11.3. The van der Waals surface area contributed by atoms with Crippen LogP contribution >= 0.6 is 15.9 Å². The number of benzene rings is 1. The summed E-state index contributed by atoms with van der Waals surface area (Å²) in [5.74, 6) is 0.347. The van der Waals surface area contributed by atoms with E-state index in [9.17, 15) is 9.50 Å². The topological polar surface area (TPSA) is 33.4 Å². The van der Waals surface area contributed by atoms with Gasteiger partial charge >= 0.3 is 0 Å². The van der Waals surface area contributed by atoms with Crippen molar-refractivity contribution in [1.29, 1.82) is 0 Å². The largest absolute Gasteiger partial charge is 0.455 e. The van der Waals surface area contributed by atoms with E-state index in [0.717, 1.165) is 12.8 Å². The average molecular weight is 285 g/mol. The number of hydrogen-bond acceptors (Lipinski definition) is 2. The lowest BCUT2D eigenvalue weighted by atomic mass is 10.1. The van der Waals surface area contributed by atoms with Gasteiger partial charge in [0.05, 0.1) is 0 Å². The first-order chi connectivity index (χ1) is 7.65. The second-order valence-electron chi connectivity index (χ2n) is 4.24. The molecule has 1 unspecified atom stereocenters. The van der Waals surface area contributed by atoms with Gasteiger partial charge in [0.1, 0.15) is 11.9 Å². The minimum atomic E-state index is -0.592. The van der Waals surface area contributed by atoms with E-state index in [4.69, 9.17) is 4.42 Å². The quantitative estimate of drug-likeness (QED) is 0.911. The summed E-state index contributed by atoms with van der Waals surface area (Å²) in [6.07, 6.45) is 1.44. The molecule has 1 aliphatic rings. The van der Waals surface area contributed by atoms with Crippen LogP contribution in [0.25, 0.3) is 11.0 Å². The first-order valence-electron chi connectivity index (χ1n) is 5.21. The molecular weight excluding hydrogens is 275 g/mol. The molecule has 1 aliphatic carbocycles. The Morgan fingerprint density at radius 1 is 1.38 bits per heavy atom. The molecule has 1 saturated carbocycles. The van der Waals surface area contributed by atoms with Crippen molar-refractivity contribution in [3.05, 3.63) is 34.2 Å². The molecule has 3 rings (SSSR count). The predicted molar refractivity (Wildman–Crippen MR) is 61.6 cm³/mol. The second-order valence-corrected chi connectivity index (χ2v) is 5.15. The predicted octanol–water partition coefficient (Wildman–Crippen LogP) is 3.78. The Morgan fingerprint density at radius 3 is 2.81 bits per heavy atom. The average Bonchev–Trinajstić information content (AvgIpc) is 2.97. The van der Waals surface area contributed by atoms with Crippen LogP contribution in [0, 0.1) is 11.7 Å². The van der Waals surface area contributed by atoms with Crippen LogP contribution in [0.3, 0.4) is 0 Å². The van der Waals surface area contributed by atoms with Crippen molar-refractivity contribution in [3.63, 3.8) is 0 Å². The van der Waals surface area contributed by atoms with Gasteiger partial charge in [-0.15, -0.1) is 0 Å². The molecule has 4 heteroatoms. The van der Waals surface area contributed by atoms with Gasteiger partial charge in [-0.25, -0.2) is 4.39 Å². The van der Waals surface area contributed by atoms with E-state index in [2.05, 4.69) is 15.9 Å². The maximum Gasteiger partial charge on any atom is 0.170 e. The highest BCUT2D eigenvalue weighted by molar-refractivity contribution is 9.10. The van der Waals surface area contributed by atoms with E-state index in [-0.39, 0.29) is 11.5 Å². The van der Waals surface area contributed by atoms with Crippen molar-refractivity contribution in [1.82, 2.24) is 0 Å². The molecular formula is C12H10BrFO2. The molecule has 0 aliphatic heterocycles. The lowest BCUT2D eigenvalue weighted by Gasteiger charge is -2.03. The summed E-state index contributed by atoms with van der Waals surface area (Å²) >= 11 is 3.23. The van der Waals surface area contributed by atoms with Gasteiger partial charge in [0, 0.05) is 9.86 Å². The Hall–Kier alpha value is -0.870. The third kappa shape index (κ3) is 1.66. The molecule has 16 heavy (non-hydrogen) atoms. The van der Waals surface area contributed by atoms with E-state index in [1.54, 1.807) is 12.1 Å². The number of aliphatic hydroxyl groups is 1. The van der Waals surface area contributed by atoms with Gasteiger partial charge in [-0.2, -0.15) is 0 Å². The zero-order valence-electron chi connectivity index (χ0n) is 8.41. The number of halogens is 2. The molecule has 1 aromatic heterocycles. The van der Waals surface area contributed by atoms with Gasteiger partial charge < -0.3 is 9.52 Å². The molecule has 0 spiro atoms. The fraction of sp³-hybridized carbons (Fsp3) is 0.333. The van der Waals surface area contributed by atoms with Crippen molar-refractivity contribution in [2.24, 2.45) is 5.92 Å². The Balaban J connectivity index is 2.11. The SMILES string of the molecule is OC(c1cc2cc(Br)cc(F)c2o1)C1CC1. The highest BCUT2D eigenvalue weighted by Crippen LogP contribution is 2.42. The lowest BCUT2D eigenvalue weighted by Crippen LogP contribution is -1.96. The summed E-state index contributed by atoms with van der Waals surface area (Å²) in [5, 5.41) is 10.6. The van der Waals surface area contributed by atoms with Crippen LogP contribution < -0.4 is 0 Å². The van der Waals surface area contributed by atoms with Crippen molar-refractivity contribution >= 4 is 26.9 Å². The fourth-order valence-corrected chi connectivity index (χ4v) is 2.33. The summed E-state index contributed by atoms with van der Waals surface area (Å²) in [7, 11) is 0. The summed E-state index contributed by atoms with van der Waals surface area (Å²) < 4.78 is 19.6. The summed E-state index contributed by atoms with van der Waals surface area (Å²) in [4.78, 5) is 0. The third-order valence-corrected chi connectivity index (χ3v) is 3.37. The number of furan rings is 1. The fourth-order valence-electron chi connectivity index (χ4n) is 1.89. The number of hydrogen-bond donors (Lipinski definition) is 1. The smallest absolute Gasteiger partial charge is 0.170 e.